The summed E-state index contributed by atoms with van der Waals surface area (Å²) in [6.45, 7) is 2.68. The van der Waals surface area contributed by atoms with E-state index >= 15 is 0 Å². The molecule has 30 heavy (non-hydrogen) atoms. The maximum Gasteiger partial charge on any atom is 0.273 e. The largest absolute Gasteiger partial charge is 0.339 e. The first-order chi connectivity index (χ1) is 14.4. The molecule has 4 rings (SSSR count). The zero-order valence-corrected chi connectivity index (χ0v) is 17.8. The van der Waals surface area contributed by atoms with Gasteiger partial charge in [0.05, 0.1) is 10.8 Å². The molecule has 1 unspecified atom stereocenters. The standard InChI is InChI=1S/C21H19BrN4O4/c1-13-4-5-15(11-18(13)26(28)29)21(27)25-10-2-3-16(12-25)20-23-19(24-30-20)14-6-8-17(22)9-7-14/h4-9,11,16H,2-3,10,12H2,1H3. The van der Waals surface area contributed by atoms with Crippen LogP contribution in [0.15, 0.2) is 51.5 Å². The number of benzene rings is 2. The summed E-state index contributed by atoms with van der Waals surface area (Å²) >= 11 is 3.40. The van der Waals surface area contributed by atoms with Crippen LogP contribution in [0.4, 0.5) is 5.69 Å². The molecule has 9 heteroatoms. The van der Waals surface area contributed by atoms with Gasteiger partial charge in [0.2, 0.25) is 11.7 Å². The summed E-state index contributed by atoms with van der Waals surface area (Å²) in [6, 6.07) is 12.2. The Kier molecular flexibility index (Phi) is 5.63. The molecular formula is C21H19BrN4O4. The van der Waals surface area contributed by atoms with E-state index in [1.807, 2.05) is 24.3 Å². The van der Waals surface area contributed by atoms with Gasteiger partial charge in [0, 0.05) is 40.3 Å². The van der Waals surface area contributed by atoms with Crippen LogP contribution < -0.4 is 0 Å². The highest BCUT2D eigenvalue weighted by atomic mass is 79.9. The Labute approximate surface area is 181 Å². The lowest BCUT2D eigenvalue weighted by Gasteiger charge is -2.31. The van der Waals surface area contributed by atoms with E-state index in [2.05, 4.69) is 26.1 Å². The molecule has 1 aliphatic rings. The number of aryl methyl sites for hydroxylation is 1. The zero-order valence-electron chi connectivity index (χ0n) is 16.2. The number of likely N-dealkylation sites (tertiary alicyclic amines) is 1. The summed E-state index contributed by atoms with van der Waals surface area (Å²) in [5.41, 5.74) is 1.64. The van der Waals surface area contributed by atoms with Gasteiger partial charge >= 0.3 is 0 Å². The Balaban J connectivity index is 1.51. The normalized spacial score (nSPS) is 16.5. The molecular weight excluding hydrogens is 452 g/mol. The highest BCUT2D eigenvalue weighted by molar-refractivity contribution is 9.10. The van der Waals surface area contributed by atoms with Gasteiger partial charge < -0.3 is 9.42 Å². The predicted octanol–water partition coefficient (Wildman–Crippen LogP) is 4.74. The van der Waals surface area contributed by atoms with Gasteiger partial charge in [-0.2, -0.15) is 4.98 Å². The fraction of sp³-hybridized carbons (Fsp3) is 0.286. The average molecular weight is 471 g/mol. The van der Waals surface area contributed by atoms with Crippen molar-refractivity contribution in [1.29, 1.82) is 0 Å². The molecule has 2 aromatic carbocycles. The lowest BCUT2D eigenvalue weighted by molar-refractivity contribution is -0.385. The van der Waals surface area contributed by atoms with Gasteiger partial charge in [0.25, 0.3) is 11.6 Å². The van der Waals surface area contributed by atoms with Crippen molar-refractivity contribution in [1.82, 2.24) is 15.0 Å². The Morgan fingerprint density at radius 3 is 2.77 bits per heavy atom. The number of hydrogen-bond donors (Lipinski definition) is 0. The first-order valence-corrected chi connectivity index (χ1v) is 10.4. The number of carbonyl (C=O) groups is 1. The molecule has 1 fully saturated rings. The van der Waals surface area contributed by atoms with Crippen LogP contribution >= 0.6 is 15.9 Å². The van der Waals surface area contributed by atoms with E-state index in [9.17, 15) is 14.9 Å². The smallest absolute Gasteiger partial charge is 0.273 e. The number of aromatic nitrogens is 2. The summed E-state index contributed by atoms with van der Waals surface area (Å²) < 4.78 is 6.45. The molecule has 8 nitrogen and oxygen atoms in total. The first-order valence-electron chi connectivity index (χ1n) is 9.56. The minimum absolute atomic E-state index is 0.0505. The third-order valence-corrected chi connectivity index (χ3v) is 5.78. The van der Waals surface area contributed by atoms with Crippen molar-refractivity contribution in [2.24, 2.45) is 0 Å². The number of nitrogens with zero attached hydrogens (tertiary/aromatic N) is 4. The Morgan fingerprint density at radius 2 is 2.03 bits per heavy atom. The van der Waals surface area contributed by atoms with E-state index < -0.39 is 4.92 Å². The summed E-state index contributed by atoms with van der Waals surface area (Å²) in [4.78, 5) is 29.9. The van der Waals surface area contributed by atoms with E-state index in [-0.39, 0.29) is 17.5 Å². The molecule has 1 aromatic heterocycles. The van der Waals surface area contributed by atoms with Crippen molar-refractivity contribution < 1.29 is 14.2 Å². The Bertz CT molecular complexity index is 1100. The molecule has 3 aromatic rings. The van der Waals surface area contributed by atoms with Gasteiger partial charge in [0.15, 0.2) is 0 Å². The van der Waals surface area contributed by atoms with Crippen LogP contribution in [0.3, 0.4) is 0 Å². The molecule has 0 aliphatic carbocycles. The van der Waals surface area contributed by atoms with Gasteiger partial charge in [-0.25, -0.2) is 0 Å². The van der Waals surface area contributed by atoms with Crippen LogP contribution in [0.5, 0.6) is 0 Å². The second-order valence-electron chi connectivity index (χ2n) is 7.31. The van der Waals surface area contributed by atoms with E-state index in [0.29, 0.717) is 35.9 Å². The SMILES string of the molecule is Cc1ccc(C(=O)N2CCCC(c3nc(-c4ccc(Br)cc4)no3)C2)cc1[N+](=O)[O-]. The molecule has 1 aliphatic heterocycles. The maximum absolute atomic E-state index is 13.0. The lowest BCUT2D eigenvalue weighted by Crippen LogP contribution is -2.39. The van der Waals surface area contributed by atoms with Crippen molar-refractivity contribution in [2.75, 3.05) is 13.1 Å². The summed E-state index contributed by atoms with van der Waals surface area (Å²) in [7, 11) is 0. The number of piperidine rings is 1. The fourth-order valence-corrected chi connectivity index (χ4v) is 3.87. The van der Waals surface area contributed by atoms with E-state index in [1.54, 1.807) is 24.0 Å². The highest BCUT2D eigenvalue weighted by Gasteiger charge is 2.30. The predicted molar refractivity (Wildman–Crippen MR) is 113 cm³/mol. The minimum Gasteiger partial charge on any atom is -0.339 e. The van der Waals surface area contributed by atoms with Gasteiger partial charge in [0.1, 0.15) is 0 Å². The number of halogens is 1. The van der Waals surface area contributed by atoms with Crippen molar-refractivity contribution in [3.05, 3.63) is 74.1 Å². The molecule has 1 saturated heterocycles. The first kappa shape index (κ1) is 20.2. The van der Waals surface area contributed by atoms with E-state index in [1.165, 1.54) is 6.07 Å². The quantitative estimate of drug-likeness (QED) is 0.403. The Morgan fingerprint density at radius 1 is 1.27 bits per heavy atom. The topological polar surface area (TPSA) is 102 Å². The molecule has 0 bridgehead atoms. The number of hydrogen-bond acceptors (Lipinski definition) is 6. The molecule has 0 radical (unpaired) electrons. The second kappa shape index (κ2) is 8.35. The number of rotatable bonds is 4. The molecule has 2 heterocycles. The highest BCUT2D eigenvalue weighted by Crippen LogP contribution is 2.29. The number of nitro benzene ring substituents is 1. The van der Waals surface area contributed by atoms with Gasteiger partial charge in [-0.15, -0.1) is 0 Å². The third kappa shape index (κ3) is 4.11. The minimum atomic E-state index is -0.465. The number of nitro groups is 1. The summed E-state index contributed by atoms with van der Waals surface area (Å²) in [6.07, 6.45) is 1.63. The molecule has 1 amide bonds. The average Bonchev–Trinajstić information content (AvgIpc) is 3.24. The number of amides is 1. The number of carbonyl (C=O) groups excluding carboxylic acids is 1. The van der Waals surface area contributed by atoms with Gasteiger partial charge in [-0.05, 0) is 50.1 Å². The van der Waals surface area contributed by atoms with Crippen LogP contribution in [0.25, 0.3) is 11.4 Å². The monoisotopic (exact) mass is 470 g/mol. The van der Waals surface area contributed by atoms with Crippen molar-refractivity contribution in [2.45, 2.75) is 25.7 Å². The second-order valence-corrected chi connectivity index (χ2v) is 8.23. The van der Waals surface area contributed by atoms with Gasteiger partial charge in [-0.3, -0.25) is 14.9 Å². The molecule has 0 spiro atoms. The van der Waals surface area contributed by atoms with Crippen molar-refractivity contribution in [3.8, 4) is 11.4 Å². The van der Waals surface area contributed by atoms with Gasteiger partial charge in [-0.1, -0.05) is 27.2 Å². The maximum atomic E-state index is 13.0. The van der Waals surface area contributed by atoms with E-state index in [4.69, 9.17) is 4.52 Å². The van der Waals surface area contributed by atoms with Crippen LogP contribution in [-0.4, -0.2) is 39.0 Å². The van der Waals surface area contributed by atoms with Crippen LogP contribution in [0.2, 0.25) is 0 Å². The Hall–Kier alpha value is -3.07. The van der Waals surface area contributed by atoms with Crippen molar-refractivity contribution in [3.63, 3.8) is 0 Å². The molecule has 154 valence electrons. The van der Waals surface area contributed by atoms with Crippen molar-refractivity contribution >= 4 is 27.5 Å². The summed E-state index contributed by atoms with van der Waals surface area (Å²) in [5, 5.41) is 15.3. The van der Waals surface area contributed by atoms with Crippen LogP contribution in [0.1, 0.15) is 40.6 Å². The van der Waals surface area contributed by atoms with E-state index in [0.717, 1.165) is 22.9 Å². The lowest BCUT2D eigenvalue weighted by atomic mass is 9.97. The third-order valence-electron chi connectivity index (χ3n) is 5.25. The fourth-order valence-electron chi connectivity index (χ4n) is 3.60. The van der Waals surface area contributed by atoms with Crippen LogP contribution in [-0.2, 0) is 0 Å². The molecule has 0 saturated carbocycles. The van der Waals surface area contributed by atoms with Crippen LogP contribution in [0, 0.1) is 17.0 Å². The molecule has 1 atom stereocenters. The summed E-state index contributed by atoms with van der Waals surface area (Å²) in [5.74, 6) is 0.714. The molecule has 0 N–H and O–H groups in total. The zero-order chi connectivity index (χ0) is 21.3.